The SMILES string of the molecule is C=CCNC(=S)N/N=C(/C)c1ccccc1Br. The van der Waals surface area contributed by atoms with E-state index >= 15 is 0 Å². The Morgan fingerprint density at radius 1 is 1.53 bits per heavy atom. The van der Waals surface area contributed by atoms with Crippen LogP contribution >= 0.6 is 28.1 Å². The third-order valence-corrected chi connectivity index (χ3v) is 2.92. The van der Waals surface area contributed by atoms with Crippen molar-refractivity contribution in [2.24, 2.45) is 5.10 Å². The third kappa shape index (κ3) is 4.66. The molecule has 0 amide bonds. The second-order valence-corrected chi connectivity index (χ2v) is 4.55. The van der Waals surface area contributed by atoms with Crippen LogP contribution in [0.15, 0.2) is 46.5 Å². The predicted molar refractivity (Wildman–Crippen MR) is 80.3 cm³/mol. The molecule has 0 heterocycles. The lowest BCUT2D eigenvalue weighted by molar-refractivity contribution is 0.936. The van der Waals surface area contributed by atoms with Crippen molar-refractivity contribution >= 4 is 39.0 Å². The normalized spacial score (nSPS) is 10.8. The van der Waals surface area contributed by atoms with Crippen LogP contribution in [0.25, 0.3) is 0 Å². The van der Waals surface area contributed by atoms with Gasteiger partial charge in [0.2, 0.25) is 0 Å². The summed E-state index contributed by atoms with van der Waals surface area (Å²) < 4.78 is 1.01. The van der Waals surface area contributed by atoms with Crippen LogP contribution in [0.3, 0.4) is 0 Å². The first-order chi connectivity index (χ1) is 8.15. The van der Waals surface area contributed by atoms with Crippen molar-refractivity contribution in [3.05, 3.63) is 47.0 Å². The minimum absolute atomic E-state index is 0.483. The Labute approximate surface area is 115 Å². The minimum atomic E-state index is 0.483. The molecule has 0 spiro atoms. The molecule has 90 valence electrons. The molecule has 5 heteroatoms. The van der Waals surface area contributed by atoms with Crippen molar-refractivity contribution in [1.29, 1.82) is 0 Å². The molecule has 0 atom stereocenters. The van der Waals surface area contributed by atoms with Gasteiger partial charge in [0.25, 0.3) is 0 Å². The van der Waals surface area contributed by atoms with E-state index in [1.165, 1.54) is 0 Å². The van der Waals surface area contributed by atoms with Gasteiger partial charge < -0.3 is 5.32 Å². The van der Waals surface area contributed by atoms with Gasteiger partial charge in [-0.25, -0.2) is 0 Å². The summed E-state index contributed by atoms with van der Waals surface area (Å²) in [7, 11) is 0. The molecule has 3 nitrogen and oxygen atoms in total. The van der Waals surface area contributed by atoms with Gasteiger partial charge in [-0.1, -0.05) is 40.2 Å². The molecular formula is C12H14BrN3S. The first-order valence-corrected chi connectivity index (χ1v) is 6.29. The average molecular weight is 312 g/mol. The maximum atomic E-state index is 5.03. The van der Waals surface area contributed by atoms with Gasteiger partial charge in [0.15, 0.2) is 5.11 Å². The van der Waals surface area contributed by atoms with Gasteiger partial charge in [0.05, 0.1) is 5.71 Å². The molecule has 0 aromatic heterocycles. The van der Waals surface area contributed by atoms with E-state index in [-0.39, 0.29) is 0 Å². The Morgan fingerprint density at radius 3 is 2.88 bits per heavy atom. The molecule has 1 aromatic rings. The number of hydrogen-bond donors (Lipinski definition) is 2. The molecule has 0 aliphatic rings. The van der Waals surface area contributed by atoms with Crippen LogP contribution in [0.5, 0.6) is 0 Å². The molecule has 0 aliphatic heterocycles. The fourth-order valence-electron chi connectivity index (χ4n) is 1.15. The summed E-state index contributed by atoms with van der Waals surface area (Å²) in [4.78, 5) is 0. The summed E-state index contributed by atoms with van der Waals surface area (Å²) in [6.45, 7) is 6.14. The van der Waals surface area contributed by atoms with Crippen LogP contribution < -0.4 is 10.7 Å². The van der Waals surface area contributed by atoms with Crippen LogP contribution in [0.4, 0.5) is 0 Å². The minimum Gasteiger partial charge on any atom is -0.358 e. The van der Waals surface area contributed by atoms with Gasteiger partial charge >= 0.3 is 0 Å². The highest BCUT2D eigenvalue weighted by Gasteiger charge is 2.01. The highest BCUT2D eigenvalue weighted by molar-refractivity contribution is 9.10. The Bertz CT molecular complexity index is 443. The van der Waals surface area contributed by atoms with E-state index in [1.54, 1.807) is 6.08 Å². The standard InChI is InChI=1S/C12H14BrN3S/c1-3-8-14-12(17)16-15-9(2)10-6-4-5-7-11(10)13/h3-7H,1,8H2,2H3,(H2,14,16,17)/b15-9-. The second kappa shape index (κ2) is 7.19. The van der Waals surface area contributed by atoms with E-state index in [2.05, 4.69) is 38.4 Å². The summed E-state index contributed by atoms with van der Waals surface area (Å²) in [6.07, 6.45) is 1.73. The molecule has 17 heavy (non-hydrogen) atoms. The van der Waals surface area contributed by atoms with Crippen molar-refractivity contribution in [1.82, 2.24) is 10.7 Å². The van der Waals surface area contributed by atoms with E-state index in [1.807, 2.05) is 31.2 Å². The zero-order valence-corrected chi connectivity index (χ0v) is 11.9. The maximum absolute atomic E-state index is 5.03. The van der Waals surface area contributed by atoms with Crippen molar-refractivity contribution in [3.63, 3.8) is 0 Å². The molecule has 2 N–H and O–H groups in total. The van der Waals surface area contributed by atoms with Crippen LogP contribution in [0.1, 0.15) is 12.5 Å². The van der Waals surface area contributed by atoms with Crippen LogP contribution in [0, 0.1) is 0 Å². The van der Waals surface area contributed by atoms with Gasteiger partial charge in [-0.05, 0) is 25.2 Å². The van der Waals surface area contributed by atoms with Crippen LogP contribution in [-0.2, 0) is 0 Å². The van der Waals surface area contributed by atoms with Gasteiger partial charge in [-0.3, -0.25) is 5.43 Å². The number of halogens is 1. The fraction of sp³-hybridized carbons (Fsp3) is 0.167. The van der Waals surface area contributed by atoms with E-state index in [9.17, 15) is 0 Å². The number of nitrogens with zero attached hydrogens (tertiary/aromatic N) is 1. The van der Waals surface area contributed by atoms with E-state index < -0.39 is 0 Å². The summed E-state index contributed by atoms with van der Waals surface area (Å²) >= 11 is 8.51. The molecular weight excluding hydrogens is 298 g/mol. The van der Waals surface area contributed by atoms with Gasteiger partial charge in [-0.2, -0.15) is 5.10 Å². The molecule has 0 saturated heterocycles. The number of thiocarbonyl (C=S) groups is 1. The summed E-state index contributed by atoms with van der Waals surface area (Å²) in [6, 6.07) is 7.89. The molecule has 0 fully saturated rings. The molecule has 0 unspecified atom stereocenters. The van der Waals surface area contributed by atoms with E-state index in [0.29, 0.717) is 11.7 Å². The number of nitrogens with one attached hydrogen (secondary N) is 2. The number of hydrazone groups is 1. The lowest BCUT2D eigenvalue weighted by Gasteiger charge is -2.07. The number of benzene rings is 1. The van der Waals surface area contributed by atoms with Crippen molar-refractivity contribution < 1.29 is 0 Å². The zero-order chi connectivity index (χ0) is 12.7. The Kier molecular flexibility index (Phi) is 5.86. The topological polar surface area (TPSA) is 36.4 Å². The monoisotopic (exact) mass is 311 g/mol. The molecule has 0 bridgehead atoms. The first kappa shape index (κ1) is 13.9. The fourth-order valence-corrected chi connectivity index (χ4v) is 1.85. The smallest absolute Gasteiger partial charge is 0.187 e. The highest BCUT2D eigenvalue weighted by atomic mass is 79.9. The largest absolute Gasteiger partial charge is 0.358 e. The first-order valence-electron chi connectivity index (χ1n) is 5.09. The molecule has 1 rings (SSSR count). The summed E-state index contributed by atoms with van der Waals surface area (Å²) in [5, 5.41) is 7.63. The summed E-state index contributed by atoms with van der Waals surface area (Å²) in [5.41, 5.74) is 4.68. The molecule has 0 saturated carbocycles. The lowest BCUT2D eigenvalue weighted by Crippen LogP contribution is -2.32. The summed E-state index contributed by atoms with van der Waals surface area (Å²) in [5.74, 6) is 0. The molecule has 1 aromatic carbocycles. The van der Waals surface area contributed by atoms with Gasteiger partial charge in [0.1, 0.15) is 0 Å². The van der Waals surface area contributed by atoms with Gasteiger partial charge in [-0.15, -0.1) is 6.58 Å². The van der Waals surface area contributed by atoms with Crippen LogP contribution in [-0.4, -0.2) is 17.4 Å². The molecule has 0 radical (unpaired) electrons. The highest BCUT2D eigenvalue weighted by Crippen LogP contribution is 2.16. The van der Waals surface area contributed by atoms with E-state index in [4.69, 9.17) is 12.2 Å². The quantitative estimate of drug-likeness (QED) is 0.388. The average Bonchev–Trinajstić information content (AvgIpc) is 2.34. The number of rotatable bonds is 4. The number of hydrogen-bond acceptors (Lipinski definition) is 2. The maximum Gasteiger partial charge on any atom is 0.187 e. The Hall–Kier alpha value is -1.20. The Morgan fingerprint density at radius 2 is 2.24 bits per heavy atom. The van der Waals surface area contributed by atoms with Crippen molar-refractivity contribution in [2.75, 3.05) is 6.54 Å². The Balaban J connectivity index is 2.64. The van der Waals surface area contributed by atoms with Crippen molar-refractivity contribution in [3.8, 4) is 0 Å². The van der Waals surface area contributed by atoms with Crippen molar-refractivity contribution in [2.45, 2.75) is 6.92 Å². The van der Waals surface area contributed by atoms with Gasteiger partial charge in [0, 0.05) is 16.6 Å². The lowest BCUT2D eigenvalue weighted by atomic mass is 10.1. The zero-order valence-electron chi connectivity index (χ0n) is 9.53. The second-order valence-electron chi connectivity index (χ2n) is 3.29. The predicted octanol–water partition coefficient (Wildman–Crippen LogP) is 2.82. The van der Waals surface area contributed by atoms with E-state index in [0.717, 1.165) is 15.7 Å². The van der Waals surface area contributed by atoms with Crippen LogP contribution in [0.2, 0.25) is 0 Å². The third-order valence-electron chi connectivity index (χ3n) is 2.00. The molecule has 0 aliphatic carbocycles.